The van der Waals surface area contributed by atoms with E-state index in [1.54, 1.807) is 36.9 Å². The molecule has 2 aromatic heterocycles. The van der Waals surface area contributed by atoms with Gasteiger partial charge in [0.25, 0.3) is 0 Å². The molecule has 0 saturated heterocycles. The van der Waals surface area contributed by atoms with Crippen molar-refractivity contribution in [2.75, 3.05) is 23.8 Å². The van der Waals surface area contributed by atoms with Crippen molar-refractivity contribution in [2.45, 2.75) is 24.8 Å². The molecule has 176 valence electrons. The number of anilines is 3. The fourth-order valence-electron chi connectivity index (χ4n) is 3.41. The summed E-state index contributed by atoms with van der Waals surface area (Å²) in [5, 5.41) is 6.59. The van der Waals surface area contributed by atoms with Gasteiger partial charge in [0.2, 0.25) is 5.95 Å². The third kappa shape index (κ3) is 6.10. The van der Waals surface area contributed by atoms with Crippen molar-refractivity contribution in [3.05, 3.63) is 73.4 Å². The van der Waals surface area contributed by atoms with E-state index < -0.39 is 10.6 Å². The predicted molar refractivity (Wildman–Crippen MR) is 134 cm³/mol. The first-order chi connectivity index (χ1) is 16.6. The summed E-state index contributed by atoms with van der Waals surface area (Å²) >= 11 is 0. The Morgan fingerprint density at radius 1 is 1.18 bits per heavy atom. The molecule has 1 unspecified atom stereocenters. The van der Waals surface area contributed by atoms with Gasteiger partial charge in [-0.1, -0.05) is 18.2 Å². The lowest BCUT2D eigenvalue weighted by atomic mass is 10.1. The van der Waals surface area contributed by atoms with Gasteiger partial charge in [0.1, 0.15) is 11.6 Å². The number of benzene rings is 2. The summed E-state index contributed by atoms with van der Waals surface area (Å²) in [5.41, 5.74) is 2.52. The Bertz CT molecular complexity index is 1280. The molecule has 4 aromatic rings. The summed E-state index contributed by atoms with van der Waals surface area (Å²) in [4.78, 5) is 13.7. The van der Waals surface area contributed by atoms with Gasteiger partial charge in [-0.15, -0.1) is 0 Å². The molecular formula is C24H27N7O2S. The molecule has 0 fully saturated rings. The van der Waals surface area contributed by atoms with Crippen molar-refractivity contribution in [2.24, 2.45) is 0 Å². The second-order valence-electron chi connectivity index (χ2n) is 7.46. The van der Waals surface area contributed by atoms with Gasteiger partial charge in [0.15, 0.2) is 0 Å². The largest absolute Gasteiger partial charge is 0.494 e. The van der Waals surface area contributed by atoms with Crippen molar-refractivity contribution in [1.82, 2.24) is 19.5 Å². The fourth-order valence-corrected chi connectivity index (χ4v) is 3.89. The highest BCUT2D eigenvalue weighted by molar-refractivity contribution is 7.73. The molecule has 4 rings (SSSR count). The smallest absolute Gasteiger partial charge is 0.229 e. The Balaban J connectivity index is 1.56. The summed E-state index contributed by atoms with van der Waals surface area (Å²) in [5.74, 6) is 1.92. The highest BCUT2D eigenvalue weighted by Crippen LogP contribution is 2.29. The first-order valence-corrected chi connectivity index (χ1v) is 12.2. The maximum absolute atomic E-state index is 11.5. The zero-order chi connectivity index (χ0) is 23.8. The first-order valence-electron chi connectivity index (χ1n) is 11.0. The number of aryl methyl sites for hydroxylation is 1. The summed E-state index contributed by atoms with van der Waals surface area (Å²) in [6.07, 6.45) is 8.18. The summed E-state index contributed by atoms with van der Waals surface area (Å²) in [6.45, 7) is 4.13. The average molecular weight is 478 g/mol. The maximum Gasteiger partial charge on any atom is 0.229 e. The van der Waals surface area contributed by atoms with Crippen molar-refractivity contribution in [3.8, 4) is 16.9 Å². The topological polar surface area (TPSA) is 118 Å². The van der Waals surface area contributed by atoms with E-state index in [-0.39, 0.29) is 0 Å². The van der Waals surface area contributed by atoms with Gasteiger partial charge < -0.3 is 19.9 Å². The van der Waals surface area contributed by atoms with Crippen molar-refractivity contribution < 1.29 is 8.95 Å². The minimum Gasteiger partial charge on any atom is -0.494 e. The summed E-state index contributed by atoms with van der Waals surface area (Å²) in [7, 11) is -2.17. The van der Waals surface area contributed by atoms with E-state index >= 15 is 0 Å². The Kier molecular flexibility index (Phi) is 7.71. The zero-order valence-electron chi connectivity index (χ0n) is 18.8. The number of ether oxygens (including phenoxy) is 1. The van der Waals surface area contributed by atoms with Crippen LogP contribution in [-0.2, 0) is 17.1 Å². The van der Waals surface area contributed by atoms with E-state index in [1.165, 1.54) is 0 Å². The van der Waals surface area contributed by atoms with Crippen LogP contribution >= 0.6 is 0 Å². The van der Waals surface area contributed by atoms with E-state index in [9.17, 15) is 4.21 Å². The molecule has 0 aliphatic carbocycles. The van der Waals surface area contributed by atoms with Crippen LogP contribution in [0, 0.1) is 4.78 Å². The van der Waals surface area contributed by atoms with Crippen LogP contribution in [0.15, 0.2) is 78.3 Å². The lowest BCUT2D eigenvalue weighted by molar-refractivity contribution is 0.340. The lowest BCUT2D eigenvalue weighted by Crippen LogP contribution is -2.09. The van der Waals surface area contributed by atoms with Crippen LogP contribution in [0.1, 0.15) is 13.3 Å². The number of nitrogens with one attached hydrogen (secondary N) is 3. The highest BCUT2D eigenvalue weighted by Gasteiger charge is 2.11. The third-order valence-electron chi connectivity index (χ3n) is 5.05. The maximum atomic E-state index is 11.5. The molecule has 1 atom stereocenters. The van der Waals surface area contributed by atoms with Crippen LogP contribution in [0.3, 0.4) is 0 Å². The Hall–Kier alpha value is -3.92. The van der Waals surface area contributed by atoms with Crippen LogP contribution in [0.4, 0.5) is 17.5 Å². The monoisotopic (exact) mass is 477 g/mol. The van der Waals surface area contributed by atoms with Gasteiger partial charge in [-0.2, -0.15) is 4.98 Å². The molecule has 0 aliphatic rings. The van der Waals surface area contributed by atoms with Crippen molar-refractivity contribution >= 4 is 28.0 Å². The molecule has 9 nitrogen and oxygen atoms in total. The SMILES string of the molecule is CCOc1ccc(-c2cnc(Nc3cccc([SH](=N)=O)c3)nc2NCCCn2ccnc2)cc1. The fraction of sp³-hybridized carbons (Fsp3) is 0.208. The number of nitrogens with zero attached hydrogens (tertiary/aromatic N) is 4. The number of hydrogen-bond acceptors (Lipinski definition) is 8. The first kappa shape index (κ1) is 23.2. The number of aromatic nitrogens is 4. The number of imidazole rings is 1. The standard InChI is InChI=1S/C24H27N7O2S/c1-2-33-20-9-7-18(8-10-20)22-16-28-24(29-19-5-3-6-21(15-19)34(25)32)30-23(22)27-11-4-13-31-14-12-26-17-31/h3,5-10,12,14-17,25,34H,2,4,11,13H2,1H3,(H2,27,28,29,30). The second-order valence-corrected chi connectivity index (χ2v) is 8.57. The molecule has 3 N–H and O–H groups in total. The molecule has 34 heavy (non-hydrogen) atoms. The Labute approximate surface area is 200 Å². The van der Waals surface area contributed by atoms with E-state index in [1.807, 2.05) is 48.0 Å². The summed E-state index contributed by atoms with van der Waals surface area (Å²) in [6, 6.07) is 14.8. The minimum absolute atomic E-state index is 0.407. The number of rotatable bonds is 11. The van der Waals surface area contributed by atoms with Gasteiger partial charge in [-0.05, 0) is 49.2 Å². The second kappa shape index (κ2) is 11.3. The molecule has 0 amide bonds. The van der Waals surface area contributed by atoms with Gasteiger partial charge >= 0.3 is 0 Å². The van der Waals surface area contributed by atoms with E-state index in [0.29, 0.717) is 35.5 Å². The zero-order valence-corrected chi connectivity index (χ0v) is 19.7. The van der Waals surface area contributed by atoms with Crippen LogP contribution in [-0.4, -0.2) is 36.9 Å². The predicted octanol–water partition coefficient (Wildman–Crippen LogP) is 4.59. The average Bonchev–Trinajstić information content (AvgIpc) is 3.37. The van der Waals surface area contributed by atoms with Crippen molar-refractivity contribution in [1.29, 1.82) is 4.78 Å². The Morgan fingerprint density at radius 2 is 2.03 bits per heavy atom. The third-order valence-corrected chi connectivity index (χ3v) is 5.79. The van der Waals surface area contributed by atoms with Gasteiger partial charge in [0, 0.05) is 47.8 Å². The molecule has 0 saturated carbocycles. The minimum atomic E-state index is -2.17. The molecule has 2 heterocycles. The van der Waals surface area contributed by atoms with Gasteiger partial charge in [-0.25, -0.2) is 14.2 Å². The van der Waals surface area contributed by atoms with Crippen LogP contribution in [0.2, 0.25) is 0 Å². The van der Waals surface area contributed by atoms with Crippen LogP contribution < -0.4 is 15.4 Å². The molecule has 0 bridgehead atoms. The number of hydrogen-bond donors (Lipinski definition) is 4. The molecule has 0 spiro atoms. The molecular weight excluding hydrogens is 450 g/mol. The highest BCUT2D eigenvalue weighted by atomic mass is 32.2. The van der Waals surface area contributed by atoms with Gasteiger partial charge in [0.05, 0.1) is 23.5 Å². The van der Waals surface area contributed by atoms with Crippen LogP contribution in [0.25, 0.3) is 11.1 Å². The van der Waals surface area contributed by atoms with Crippen molar-refractivity contribution in [3.63, 3.8) is 0 Å². The molecule has 0 radical (unpaired) electrons. The van der Waals surface area contributed by atoms with E-state index in [4.69, 9.17) is 14.5 Å². The molecule has 10 heteroatoms. The number of thiol groups is 1. The van der Waals surface area contributed by atoms with Crippen LogP contribution in [0.5, 0.6) is 5.75 Å². The van der Waals surface area contributed by atoms with Gasteiger partial charge in [-0.3, -0.25) is 4.78 Å². The summed E-state index contributed by atoms with van der Waals surface area (Å²) < 4.78 is 26.6. The lowest BCUT2D eigenvalue weighted by Gasteiger charge is -2.14. The molecule has 0 aliphatic heterocycles. The molecule has 2 aromatic carbocycles. The van der Waals surface area contributed by atoms with E-state index in [0.717, 1.165) is 29.8 Å². The normalized spacial score (nSPS) is 11.7. The quantitative estimate of drug-likeness (QED) is 0.184. The van der Waals surface area contributed by atoms with E-state index in [2.05, 4.69) is 20.6 Å². The Morgan fingerprint density at radius 3 is 2.76 bits per heavy atom.